The summed E-state index contributed by atoms with van der Waals surface area (Å²) in [4.78, 5) is 46.9. The number of carbonyl (C=O) groups excluding carboxylic acids is 4. The first kappa shape index (κ1) is 32.1. The Hall–Kier alpha value is -2.90. The van der Waals surface area contributed by atoms with Crippen molar-refractivity contribution in [1.29, 1.82) is 0 Å². The Bertz CT molecular complexity index is 766. The molecule has 0 aliphatic rings. The van der Waals surface area contributed by atoms with Gasteiger partial charge in [0.1, 0.15) is 6.29 Å². The molecular formula is C25H40N4O8. The molecule has 0 fully saturated rings. The van der Waals surface area contributed by atoms with E-state index >= 15 is 0 Å². The highest BCUT2D eigenvalue weighted by Gasteiger charge is 2.13. The van der Waals surface area contributed by atoms with Crippen molar-refractivity contribution in [3.63, 3.8) is 0 Å². The van der Waals surface area contributed by atoms with Crippen LogP contribution in [0.25, 0.3) is 0 Å². The van der Waals surface area contributed by atoms with Crippen molar-refractivity contribution in [2.45, 2.75) is 18.9 Å². The van der Waals surface area contributed by atoms with E-state index in [4.69, 9.17) is 18.9 Å². The highest BCUT2D eigenvalue weighted by Crippen LogP contribution is 2.01. The van der Waals surface area contributed by atoms with Crippen LogP contribution in [0.15, 0.2) is 30.3 Å². The van der Waals surface area contributed by atoms with Crippen molar-refractivity contribution in [3.05, 3.63) is 35.9 Å². The van der Waals surface area contributed by atoms with Crippen LogP contribution >= 0.6 is 0 Å². The maximum Gasteiger partial charge on any atom is 0.239 e. The molecule has 1 aromatic carbocycles. The molecule has 12 heteroatoms. The van der Waals surface area contributed by atoms with Gasteiger partial charge in [-0.25, -0.2) is 0 Å². The first-order chi connectivity index (χ1) is 18.0. The number of ether oxygens (including phenoxy) is 4. The molecule has 1 aromatic rings. The quantitative estimate of drug-likeness (QED) is 0.102. The number of benzene rings is 1. The second-order valence-electron chi connectivity index (χ2n) is 7.86. The third-order valence-corrected chi connectivity index (χ3v) is 4.79. The third-order valence-electron chi connectivity index (χ3n) is 4.79. The van der Waals surface area contributed by atoms with Gasteiger partial charge >= 0.3 is 0 Å². The fraction of sp³-hybridized carbons (Fsp3) is 0.600. The fourth-order valence-electron chi connectivity index (χ4n) is 2.87. The van der Waals surface area contributed by atoms with Gasteiger partial charge in [0.25, 0.3) is 0 Å². The Morgan fingerprint density at radius 2 is 1.30 bits per heavy atom. The summed E-state index contributed by atoms with van der Waals surface area (Å²) in [5.41, 5.74) is 0.908. The molecule has 208 valence electrons. The first-order valence-electron chi connectivity index (χ1n) is 12.3. The summed E-state index contributed by atoms with van der Waals surface area (Å²) >= 11 is 0. The predicted octanol–water partition coefficient (Wildman–Crippen LogP) is -1.18. The SMILES string of the molecule is CNCCOCCOCCOCCOCCC(=O)NCC(=O)NCC(=O)NC(C=O)Cc1ccccc1. The van der Waals surface area contributed by atoms with Gasteiger partial charge in [0.05, 0.1) is 72.0 Å². The van der Waals surface area contributed by atoms with Crippen molar-refractivity contribution >= 4 is 24.0 Å². The van der Waals surface area contributed by atoms with Crippen molar-refractivity contribution < 1.29 is 38.1 Å². The molecule has 3 amide bonds. The Morgan fingerprint density at radius 1 is 0.757 bits per heavy atom. The van der Waals surface area contributed by atoms with Crippen LogP contribution in [0.2, 0.25) is 0 Å². The lowest BCUT2D eigenvalue weighted by Crippen LogP contribution is -2.45. The maximum absolute atomic E-state index is 12.0. The van der Waals surface area contributed by atoms with Gasteiger partial charge < -0.3 is 45.0 Å². The van der Waals surface area contributed by atoms with Crippen LogP contribution in [-0.2, 0) is 44.5 Å². The molecule has 1 unspecified atom stereocenters. The maximum atomic E-state index is 12.0. The molecule has 0 saturated carbocycles. The molecule has 37 heavy (non-hydrogen) atoms. The van der Waals surface area contributed by atoms with Crippen LogP contribution in [0.1, 0.15) is 12.0 Å². The molecule has 0 aliphatic heterocycles. The number of aldehydes is 1. The molecule has 0 spiro atoms. The molecule has 0 radical (unpaired) electrons. The number of hydrogen-bond acceptors (Lipinski definition) is 9. The predicted molar refractivity (Wildman–Crippen MR) is 136 cm³/mol. The lowest BCUT2D eigenvalue weighted by Gasteiger charge is -2.13. The summed E-state index contributed by atoms with van der Waals surface area (Å²) in [5, 5.41) is 10.4. The zero-order valence-corrected chi connectivity index (χ0v) is 21.5. The monoisotopic (exact) mass is 524 g/mol. The summed E-state index contributed by atoms with van der Waals surface area (Å²) in [6.07, 6.45) is 1.10. The smallest absolute Gasteiger partial charge is 0.239 e. The van der Waals surface area contributed by atoms with Crippen LogP contribution in [0.3, 0.4) is 0 Å². The number of likely N-dealkylation sites (N-methyl/N-ethyl adjacent to an activating group) is 1. The van der Waals surface area contributed by atoms with E-state index in [1.165, 1.54) is 0 Å². The zero-order valence-electron chi connectivity index (χ0n) is 21.5. The lowest BCUT2D eigenvalue weighted by molar-refractivity contribution is -0.128. The highest BCUT2D eigenvalue weighted by atomic mass is 16.6. The number of carbonyl (C=O) groups is 4. The van der Waals surface area contributed by atoms with Crippen molar-refractivity contribution in [1.82, 2.24) is 21.3 Å². The number of rotatable bonds is 23. The molecule has 1 atom stereocenters. The van der Waals surface area contributed by atoms with Gasteiger partial charge in [0.15, 0.2) is 0 Å². The van der Waals surface area contributed by atoms with E-state index < -0.39 is 17.9 Å². The Kier molecular flexibility index (Phi) is 19.4. The average molecular weight is 525 g/mol. The van der Waals surface area contributed by atoms with Gasteiger partial charge in [-0.3, -0.25) is 14.4 Å². The standard InChI is InChI=1S/C25H40N4O8/c1-26-8-10-35-12-14-37-16-15-36-13-11-34-9-7-23(31)27-18-24(32)28-19-25(33)29-22(20-30)17-21-5-3-2-4-6-21/h2-6,20,22,26H,7-19H2,1H3,(H,27,31)(H,28,32)(H,29,33). The minimum absolute atomic E-state index is 0.0882. The van der Waals surface area contributed by atoms with Crippen molar-refractivity contribution in [3.8, 4) is 0 Å². The number of amides is 3. The molecule has 0 aromatic heterocycles. The van der Waals surface area contributed by atoms with Crippen molar-refractivity contribution in [2.75, 3.05) is 79.5 Å². The highest BCUT2D eigenvalue weighted by molar-refractivity contribution is 5.89. The molecule has 0 aliphatic carbocycles. The van der Waals surface area contributed by atoms with Gasteiger partial charge in [0.2, 0.25) is 17.7 Å². The second-order valence-corrected chi connectivity index (χ2v) is 7.86. The molecule has 4 N–H and O–H groups in total. The van der Waals surface area contributed by atoms with E-state index in [-0.39, 0.29) is 32.0 Å². The van der Waals surface area contributed by atoms with Crippen LogP contribution in [-0.4, -0.2) is 110 Å². The number of nitrogens with one attached hydrogen (secondary N) is 4. The molecule has 1 rings (SSSR count). The number of hydrogen-bond donors (Lipinski definition) is 4. The topological polar surface area (TPSA) is 153 Å². The summed E-state index contributed by atoms with van der Waals surface area (Å²) in [5.74, 6) is -1.37. The van der Waals surface area contributed by atoms with E-state index in [2.05, 4.69) is 21.3 Å². The minimum Gasteiger partial charge on any atom is -0.379 e. The largest absolute Gasteiger partial charge is 0.379 e. The van der Waals surface area contributed by atoms with Gasteiger partial charge in [-0.05, 0) is 19.0 Å². The van der Waals surface area contributed by atoms with E-state index in [1.54, 1.807) is 0 Å². The van der Waals surface area contributed by atoms with Crippen molar-refractivity contribution in [2.24, 2.45) is 0 Å². The summed E-state index contributed by atoms with van der Waals surface area (Å²) in [7, 11) is 1.87. The molecule has 0 heterocycles. The average Bonchev–Trinajstić information content (AvgIpc) is 2.91. The second kappa shape index (κ2) is 22.3. The van der Waals surface area contributed by atoms with E-state index in [0.717, 1.165) is 12.1 Å². The van der Waals surface area contributed by atoms with E-state index in [1.807, 2.05) is 37.4 Å². The minimum atomic E-state index is -0.691. The van der Waals surface area contributed by atoms with Crippen LogP contribution in [0.5, 0.6) is 0 Å². The Labute approximate surface area is 218 Å². The third kappa shape index (κ3) is 19.0. The van der Waals surface area contributed by atoms with Crippen LogP contribution in [0.4, 0.5) is 0 Å². The Balaban J connectivity index is 1.96. The Morgan fingerprint density at radius 3 is 1.89 bits per heavy atom. The summed E-state index contributed by atoms with van der Waals surface area (Å²) in [6, 6.07) is 8.57. The molecule has 0 saturated heterocycles. The normalized spacial score (nSPS) is 11.5. The molecular weight excluding hydrogens is 484 g/mol. The van der Waals surface area contributed by atoms with Gasteiger partial charge in [0, 0.05) is 13.0 Å². The fourth-order valence-corrected chi connectivity index (χ4v) is 2.87. The zero-order chi connectivity index (χ0) is 27.0. The van der Waals surface area contributed by atoms with E-state index in [0.29, 0.717) is 59.0 Å². The van der Waals surface area contributed by atoms with Gasteiger partial charge in [-0.2, -0.15) is 0 Å². The van der Waals surface area contributed by atoms with Gasteiger partial charge in [-0.15, -0.1) is 0 Å². The summed E-state index contributed by atoms with van der Waals surface area (Å²) in [6.45, 7) is 3.76. The van der Waals surface area contributed by atoms with Crippen LogP contribution in [0, 0.1) is 0 Å². The summed E-state index contributed by atoms with van der Waals surface area (Å²) < 4.78 is 21.4. The van der Waals surface area contributed by atoms with E-state index in [9.17, 15) is 19.2 Å². The molecule has 0 bridgehead atoms. The van der Waals surface area contributed by atoms with Gasteiger partial charge in [-0.1, -0.05) is 30.3 Å². The first-order valence-corrected chi connectivity index (χ1v) is 12.3. The van der Waals surface area contributed by atoms with Crippen LogP contribution < -0.4 is 21.3 Å². The lowest BCUT2D eigenvalue weighted by atomic mass is 10.1. The molecule has 12 nitrogen and oxygen atoms in total.